The lowest BCUT2D eigenvalue weighted by molar-refractivity contribution is 0.388. The fourth-order valence-corrected chi connectivity index (χ4v) is 1.38. The second kappa shape index (κ2) is 4.35. The van der Waals surface area contributed by atoms with E-state index >= 15 is 0 Å². The SMILES string of the molecule is Cc1nc(CNc2ncncc2Br)no1. The molecule has 0 aliphatic heterocycles. The Labute approximate surface area is 94.3 Å². The van der Waals surface area contributed by atoms with Crippen LogP contribution in [0.3, 0.4) is 0 Å². The Morgan fingerprint density at radius 3 is 3.07 bits per heavy atom. The molecule has 0 bridgehead atoms. The van der Waals surface area contributed by atoms with Gasteiger partial charge in [0.05, 0.1) is 11.0 Å². The molecule has 0 aliphatic rings. The first kappa shape index (κ1) is 10.0. The van der Waals surface area contributed by atoms with Crippen LogP contribution in [0, 0.1) is 6.92 Å². The quantitative estimate of drug-likeness (QED) is 0.911. The lowest BCUT2D eigenvalue weighted by Gasteiger charge is -2.02. The molecule has 78 valence electrons. The first-order valence-electron chi connectivity index (χ1n) is 4.24. The van der Waals surface area contributed by atoms with Crippen LogP contribution in [0.15, 0.2) is 21.5 Å². The average Bonchev–Trinajstić information content (AvgIpc) is 2.63. The summed E-state index contributed by atoms with van der Waals surface area (Å²) >= 11 is 3.32. The Hall–Kier alpha value is -1.50. The Morgan fingerprint density at radius 2 is 2.40 bits per heavy atom. The molecule has 0 saturated heterocycles. The molecule has 6 nitrogen and oxygen atoms in total. The van der Waals surface area contributed by atoms with E-state index in [1.165, 1.54) is 6.33 Å². The first-order chi connectivity index (χ1) is 7.25. The minimum absolute atomic E-state index is 0.465. The molecule has 0 saturated carbocycles. The van der Waals surface area contributed by atoms with Gasteiger partial charge in [-0.25, -0.2) is 9.97 Å². The van der Waals surface area contributed by atoms with E-state index in [1.54, 1.807) is 13.1 Å². The molecule has 7 heteroatoms. The van der Waals surface area contributed by atoms with Crippen LogP contribution in [0.1, 0.15) is 11.7 Å². The van der Waals surface area contributed by atoms with Crippen molar-refractivity contribution < 1.29 is 4.52 Å². The monoisotopic (exact) mass is 269 g/mol. The normalized spacial score (nSPS) is 10.3. The van der Waals surface area contributed by atoms with Crippen molar-refractivity contribution in [3.63, 3.8) is 0 Å². The Bertz CT molecular complexity index is 458. The van der Waals surface area contributed by atoms with Crippen molar-refractivity contribution >= 4 is 21.7 Å². The number of hydrogen-bond acceptors (Lipinski definition) is 6. The van der Waals surface area contributed by atoms with Gasteiger partial charge in [-0.2, -0.15) is 4.98 Å². The Balaban J connectivity index is 2.02. The second-order valence-corrected chi connectivity index (χ2v) is 3.66. The van der Waals surface area contributed by atoms with Gasteiger partial charge >= 0.3 is 0 Å². The van der Waals surface area contributed by atoms with E-state index in [1.807, 2.05) is 0 Å². The van der Waals surface area contributed by atoms with Crippen LogP contribution < -0.4 is 5.32 Å². The third-order valence-corrected chi connectivity index (χ3v) is 2.23. The van der Waals surface area contributed by atoms with Crippen LogP contribution in [0.2, 0.25) is 0 Å². The van der Waals surface area contributed by atoms with Gasteiger partial charge in [0.2, 0.25) is 5.89 Å². The smallest absolute Gasteiger partial charge is 0.223 e. The summed E-state index contributed by atoms with van der Waals surface area (Å²) in [7, 11) is 0. The number of nitrogens with one attached hydrogen (secondary N) is 1. The second-order valence-electron chi connectivity index (χ2n) is 2.80. The summed E-state index contributed by atoms with van der Waals surface area (Å²) in [6.07, 6.45) is 3.13. The highest BCUT2D eigenvalue weighted by Gasteiger charge is 2.04. The van der Waals surface area contributed by atoms with E-state index in [4.69, 9.17) is 4.52 Å². The van der Waals surface area contributed by atoms with E-state index in [0.29, 0.717) is 24.1 Å². The first-order valence-corrected chi connectivity index (χ1v) is 5.03. The maximum atomic E-state index is 4.84. The molecule has 0 aromatic carbocycles. The zero-order chi connectivity index (χ0) is 10.7. The lowest BCUT2D eigenvalue weighted by Crippen LogP contribution is -2.03. The summed E-state index contributed by atoms with van der Waals surface area (Å²) < 4.78 is 5.63. The molecule has 0 aliphatic carbocycles. The minimum Gasteiger partial charge on any atom is -0.362 e. The highest BCUT2D eigenvalue weighted by atomic mass is 79.9. The highest BCUT2D eigenvalue weighted by molar-refractivity contribution is 9.10. The number of rotatable bonds is 3. The third-order valence-electron chi connectivity index (χ3n) is 1.65. The fraction of sp³-hybridized carbons (Fsp3) is 0.250. The predicted molar refractivity (Wildman–Crippen MR) is 56.1 cm³/mol. The van der Waals surface area contributed by atoms with Crippen molar-refractivity contribution in [2.75, 3.05) is 5.32 Å². The van der Waals surface area contributed by atoms with Gasteiger partial charge in [0, 0.05) is 13.1 Å². The van der Waals surface area contributed by atoms with Crippen LogP contribution in [0.4, 0.5) is 5.82 Å². The van der Waals surface area contributed by atoms with E-state index in [9.17, 15) is 0 Å². The molecule has 2 aromatic rings. The Morgan fingerprint density at radius 1 is 1.53 bits per heavy atom. The van der Waals surface area contributed by atoms with E-state index in [-0.39, 0.29) is 0 Å². The summed E-state index contributed by atoms with van der Waals surface area (Å²) in [5.41, 5.74) is 0. The predicted octanol–water partition coefficient (Wildman–Crippen LogP) is 1.54. The third kappa shape index (κ3) is 2.50. The number of hydrogen-bond donors (Lipinski definition) is 1. The molecule has 0 radical (unpaired) electrons. The van der Waals surface area contributed by atoms with E-state index in [2.05, 4.69) is 41.4 Å². The molecular formula is C8H8BrN5O. The van der Waals surface area contributed by atoms with Crippen molar-refractivity contribution in [1.82, 2.24) is 20.1 Å². The molecule has 0 fully saturated rings. The molecule has 15 heavy (non-hydrogen) atoms. The number of aromatic nitrogens is 4. The van der Waals surface area contributed by atoms with Crippen molar-refractivity contribution in [2.24, 2.45) is 0 Å². The maximum Gasteiger partial charge on any atom is 0.223 e. The van der Waals surface area contributed by atoms with Gasteiger partial charge in [-0.1, -0.05) is 5.16 Å². The lowest BCUT2D eigenvalue weighted by atomic mass is 10.5. The number of anilines is 1. The van der Waals surface area contributed by atoms with Crippen molar-refractivity contribution in [2.45, 2.75) is 13.5 Å². The molecular weight excluding hydrogens is 262 g/mol. The van der Waals surface area contributed by atoms with Gasteiger partial charge in [0.25, 0.3) is 0 Å². The summed E-state index contributed by atoms with van der Waals surface area (Å²) in [6.45, 7) is 2.21. The summed E-state index contributed by atoms with van der Waals surface area (Å²) in [4.78, 5) is 12.0. The summed E-state index contributed by atoms with van der Waals surface area (Å²) in [5, 5.41) is 6.81. The maximum absolute atomic E-state index is 4.84. The molecule has 2 aromatic heterocycles. The van der Waals surface area contributed by atoms with E-state index in [0.717, 1.165) is 4.47 Å². The molecule has 1 N–H and O–H groups in total. The van der Waals surface area contributed by atoms with Gasteiger partial charge in [-0.15, -0.1) is 0 Å². The standard InChI is InChI=1S/C8H8BrN5O/c1-5-13-7(14-15-5)3-11-8-6(9)2-10-4-12-8/h2,4H,3H2,1H3,(H,10,11,12). The zero-order valence-corrected chi connectivity index (χ0v) is 9.52. The molecule has 0 amide bonds. The van der Waals surface area contributed by atoms with E-state index < -0.39 is 0 Å². The molecule has 2 heterocycles. The number of aryl methyl sites for hydroxylation is 1. The minimum atomic E-state index is 0.465. The Kier molecular flexibility index (Phi) is 2.91. The van der Waals surface area contributed by atoms with Crippen LogP contribution in [0.5, 0.6) is 0 Å². The van der Waals surface area contributed by atoms with Gasteiger partial charge in [-0.3, -0.25) is 0 Å². The zero-order valence-electron chi connectivity index (χ0n) is 7.94. The van der Waals surface area contributed by atoms with Crippen LogP contribution in [-0.2, 0) is 6.54 Å². The molecule has 0 atom stereocenters. The van der Waals surface area contributed by atoms with Gasteiger partial charge in [0.15, 0.2) is 5.82 Å². The van der Waals surface area contributed by atoms with Gasteiger partial charge < -0.3 is 9.84 Å². The van der Waals surface area contributed by atoms with Gasteiger partial charge in [-0.05, 0) is 15.9 Å². The van der Waals surface area contributed by atoms with Crippen molar-refractivity contribution in [3.8, 4) is 0 Å². The molecule has 0 unspecified atom stereocenters. The molecule has 2 rings (SSSR count). The average molecular weight is 270 g/mol. The van der Waals surface area contributed by atoms with Crippen LogP contribution >= 0.6 is 15.9 Å². The fourth-order valence-electron chi connectivity index (χ4n) is 1.02. The topological polar surface area (TPSA) is 76.7 Å². The van der Waals surface area contributed by atoms with Crippen molar-refractivity contribution in [1.29, 1.82) is 0 Å². The molecule has 0 spiro atoms. The van der Waals surface area contributed by atoms with Crippen molar-refractivity contribution in [3.05, 3.63) is 28.7 Å². The highest BCUT2D eigenvalue weighted by Crippen LogP contribution is 2.17. The van der Waals surface area contributed by atoms with Gasteiger partial charge in [0.1, 0.15) is 12.1 Å². The summed E-state index contributed by atoms with van der Waals surface area (Å²) in [6, 6.07) is 0. The number of nitrogens with zero attached hydrogens (tertiary/aromatic N) is 4. The number of halogens is 1. The van der Waals surface area contributed by atoms with Crippen LogP contribution in [-0.4, -0.2) is 20.1 Å². The largest absolute Gasteiger partial charge is 0.362 e. The summed E-state index contributed by atoms with van der Waals surface area (Å²) in [5.74, 6) is 1.85. The van der Waals surface area contributed by atoms with Crippen LogP contribution in [0.25, 0.3) is 0 Å².